The number of nitrogens with one attached hydrogen (secondary N) is 2. The average molecular weight is 418 g/mol. The second kappa shape index (κ2) is 8.07. The van der Waals surface area contributed by atoms with Gasteiger partial charge in [-0.25, -0.2) is 4.98 Å². The molecule has 2 N–H and O–H groups in total. The van der Waals surface area contributed by atoms with Crippen LogP contribution in [0, 0.1) is 6.92 Å². The molecule has 3 aromatic heterocycles. The van der Waals surface area contributed by atoms with Gasteiger partial charge in [0.15, 0.2) is 0 Å². The second-order valence-electron chi connectivity index (χ2n) is 7.95. The van der Waals surface area contributed by atoms with E-state index in [1.54, 1.807) is 0 Å². The zero-order chi connectivity index (χ0) is 21.4. The summed E-state index contributed by atoms with van der Waals surface area (Å²) in [6.07, 6.45) is 4.32. The molecule has 1 fully saturated rings. The van der Waals surface area contributed by atoms with Gasteiger partial charge < -0.3 is 19.8 Å². The number of hydrogen-bond acceptors (Lipinski definition) is 5. The Labute approximate surface area is 180 Å². The van der Waals surface area contributed by atoms with Crippen LogP contribution in [0.2, 0.25) is 0 Å². The number of aromatic amines is 1. The molecule has 4 heterocycles. The summed E-state index contributed by atoms with van der Waals surface area (Å²) in [6.45, 7) is 6.06. The number of fused-ring (bicyclic) bond motifs is 2. The molecule has 0 amide bonds. The van der Waals surface area contributed by atoms with Crippen molar-refractivity contribution in [2.24, 2.45) is 0 Å². The average Bonchev–Trinajstić information content (AvgIpc) is 3.40. The van der Waals surface area contributed by atoms with Crippen LogP contribution in [0.4, 0.5) is 5.82 Å². The molecule has 5 rings (SSSR count). The lowest BCUT2D eigenvalue weighted by Gasteiger charge is -2.13. The van der Waals surface area contributed by atoms with E-state index in [-0.39, 0.29) is 11.7 Å². The number of aryl methyl sites for hydroxylation is 1. The number of imidazole rings is 1. The van der Waals surface area contributed by atoms with Crippen molar-refractivity contribution >= 4 is 22.4 Å². The number of aromatic nitrogens is 3. The normalized spacial score (nSPS) is 16.3. The molecule has 7 nitrogen and oxygen atoms in total. The summed E-state index contributed by atoms with van der Waals surface area (Å²) in [5, 5.41) is 4.41. The van der Waals surface area contributed by atoms with E-state index in [4.69, 9.17) is 14.5 Å². The van der Waals surface area contributed by atoms with Gasteiger partial charge in [0.05, 0.1) is 18.3 Å². The number of hydrogen-bond donors (Lipinski definition) is 2. The molecule has 0 bridgehead atoms. The first-order chi connectivity index (χ1) is 15.1. The van der Waals surface area contributed by atoms with Crippen molar-refractivity contribution in [3.05, 3.63) is 58.5 Å². The number of benzene rings is 1. The maximum atomic E-state index is 13.0. The van der Waals surface area contributed by atoms with Crippen LogP contribution < -0.4 is 15.6 Å². The number of nitrogens with zero attached hydrogens (tertiary/aromatic N) is 2. The van der Waals surface area contributed by atoms with Crippen LogP contribution in [-0.2, 0) is 4.74 Å². The Morgan fingerprint density at radius 3 is 3.00 bits per heavy atom. The van der Waals surface area contributed by atoms with Gasteiger partial charge in [-0.2, -0.15) is 0 Å². The van der Waals surface area contributed by atoms with Crippen molar-refractivity contribution in [3.8, 4) is 17.0 Å². The Balaban J connectivity index is 1.64. The monoisotopic (exact) mass is 418 g/mol. The van der Waals surface area contributed by atoms with E-state index in [9.17, 15) is 4.79 Å². The SMILES string of the molecule is CCOc1ccc2[nH]c(=O)c(-c3nc4ccc(C)cn4c3NC[C@H]3CCCO3)cc2c1. The summed E-state index contributed by atoms with van der Waals surface area (Å²) >= 11 is 0. The Hall–Kier alpha value is -3.32. The summed E-state index contributed by atoms with van der Waals surface area (Å²) in [6, 6.07) is 11.6. The number of H-pyrrole nitrogens is 1. The third-order valence-corrected chi connectivity index (χ3v) is 5.67. The van der Waals surface area contributed by atoms with Gasteiger partial charge in [0.25, 0.3) is 5.56 Å². The highest BCUT2D eigenvalue weighted by molar-refractivity contribution is 5.87. The van der Waals surface area contributed by atoms with Crippen LogP contribution in [0.1, 0.15) is 25.3 Å². The highest BCUT2D eigenvalue weighted by Gasteiger charge is 2.21. The van der Waals surface area contributed by atoms with Gasteiger partial charge in [0, 0.05) is 30.3 Å². The van der Waals surface area contributed by atoms with E-state index < -0.39 is 0 Å². The fourth-order valence-electron chi connectivity index (χ4n) is 4.14. The molecule has 1 aliphatic rings. The van der Waals surface area contributed by atoms with Crippen molar-refractivity contribution in [2.75, 3.05) is 25.1 Å². The third kappa shape index (κ3) is 3.77. The Kier molecular flexibility index (Phi) is 5.11. The summed E-state index contributed by atoms with van der Waals surface area (Å²) in [4.78, 5) is 20.8. The van der Waals surface area contributed by atoms with Crippen molar-refractivity contribution in [1.82, 2.24) is 14.4 Å². The van der Waals surface area contributed by atoms with E-state index in [1.165, 1.54) is 0 Å². The zero-order valence-corrected chi connectivity index (χ0v) is 17.8. The van der Waals surface area contributed by atoms with Crippen molar-refractivity contribution in [3.63, 3.8) is 0 Å². The molecule has 0 aliphatic carbocycles. The highest BCUT2D eigenvalue weighted by atomic mass is 16.5. The van der Waals surface area contributed by atoms with Gasteiger partial charge in [0.2, 0.25) is 0 Å². The molecular formula is C24H26N4O3. The highest BCUT2D eigenvalue weighted by Crippen LogP contribution is 2.30. The van der Waals surface area contributed by atoms with Gasteiger partial charge >= 0.3 is 0 Å². The van der Waals surface area contributed by atoms with Crippen molar-refractivity contribution in [2.45, 2.75) is 32.8 Å². The fraction of sp³-hybridized carbons (Fsp3) is 0.333. The second-order valence-corrected chi connectivity index (χ2v) is 7.95. The van der Waals surface area contributed by atoms with Crippen LogP contribution in [0.5, 0.6) is 5.75 Å². The van der Waals surface area contributed by atoms with Gasteiger partial charge in [-0.3, -0.25) is 9.20 Å². The molecule has 0 saturated carbocycles. The van der Waals surface area contributed by atoms with E-state index in [1.807, 2.05) is 60.8 Å². The van der Waals surface area contributed by atoms with Gasteiger partial charge in [0.1, 0.15) is 22.9 Å². The predicted molar refractivity (Wildman–Crippen MR) is 122 cm³/mol. The van der Waals surface area contributed by atoms with Gasteiger partial charge in [-0.05, 0) is 62.6 Å². The largest absolute Gasteiger partial charge is 0.494 e. The first kappa shape index (κ1) is 19.6. The lowest BCUT2D eigenvalue weighted by atomic mass is 10.1. The first-order valence-corrected chi connectivity index (χ1v) is 10.8. The number of pyridine rings is 2. The van der Waals surface area contributed by atoms with Crippen molar-refractivity contribution < 1.29 is 9.47 Å². The molecule has 1 saturated heterocycles. The fourth-order valence-corrected chi connectivity index (χ4v) is 4.14. The Morgan fingerprint density at radius 1 is 1.29 bits per heavy atom. The lowest BCUT2D eigenvalue weighted by Crippen LogP contribution is -2.20. The van der Waals surface area contributed by atoms with Crippen LogP contribution in [0.3, 0.4) is 0 Å². The third-order valence-electron chi connectivity index (χ3n) is 5.67. The molecule has 0 radical (unpaired) electrons. The van der Waals surface area contributed by atoms with Crippen molar-refractivity contribution in [1.29, 1.82) is 0 Å². The summed E-state index contributed by atoms with van der Waals surface area (Å²) in [5.74, 6) is 1.58. The Bertz CT molecular complexity index is 1300. The van der Waals surface area contributed by atoms with Gasteiger partial charge in [-0.15, -0.1) is 0 Å². The number of rotatable bonds is 6. The molecule has 4 aromatic rings. The molecule has 160 valence electrons. The smallest absolute Gasteiger partial charge is 0.258 e. The minimum absolute atomic E-state index is 0.169. The van der Waals surface area contributed by atoms with E-state index in [0.717, 1.165) is 53.1 Å². The molecule has 31 heavy (non-hydrogen) atoms. The summed E-state index contributed by atoms with van der Waals surface area (Å²) < 4.78 is 13.4. The molecule has 1 atom stereocenters. The summed E-state index contributed by atoms with van der Waals surface area (Å²) in [5.41, 5.74) is 3.66. The van der Waals surface area contributed by atoms with Gasteiger partial charge in [-0.1, -0.05) is 6.07 Å². The minimum atomic E-state index is -0.169. The molecule has 1 aliphatic heterocycles. The molecule has 7 heteroatoms. The number of ether oxygens (including phenoxy) is 2. The standard InChI is InChI=1S/C24H26N4O3/c1-3-30-17-7-8-20-16(11-17)12-19(24(29)26-20)22-23(25-13-18-5-4-10-31-18)28-14-15(2)6-9-21(28)27-22/h6-9,11-12,14,18,25H,3-5,10,13H2,1-2H3,(H,26,29)/t18-/m1/s1. The molecular weight excluding hydrogens is 392 g/mol. The van der Waals surface area contributed by atoms with Crippen LogP contribution in [-0.4, -0.2) is 40.2 Å². The van der Waals surface area contributed by atoms with Crippen LogP contribution in [0.25, 0.3) is 27.8 Å². The van der Waals surface area contributed by atoms with E-state index in [0.29, 0.717) is 24.4 Å². The minimum Gasteiger partial charge on any atom is -0.494 e. The zero-order valence-electron chi connectivity index (χ0n) is 17.8. The molecule has 0 spiro atoms. The maximum Gasteiger partial charge on any atom is 0.258 e. The number of anilines is 1. The molecule has 0 unspecified atom stereocenters. The van der Waals surface area contributed by atoms with E-state index >= 15 is 0 Å². The van der Waals surface area contributed by atoms with Crippen LogP contribution in [0.15, 0.2) is 47.4 Å². The Morgan fingerprint density at radius 2 is 2.19 bits per heavy atom. The molecule has 1 aromatic carbocycles. The maximum absolute atomic E-state index is 13.0. The predicted octanol–water partition coefficient (Wildman–Crippen LogP) is 4.14. The quantitative estimate of drug-likeness (QED) is 0.492. The lowest BCUT2D eigenvalue weighted by molar-refractivity contribution is 0.120. The van der Waals surface area contributed by atoms with Crippen LogP contribution >= 0.6 is 0 Å². The van der Waals surface area contributed by atoms with E-state index in [2.05, 4.69) is 10.3 Å². The topological polar surface area (TPSA) is 80.7 Å². The first-order valence-electron chi connectivity index (χ1n) is 10.8. The summed E-state index contributed by atoms with van der Waals surface area (Å²) in [7, 11) is 0.